The van der Waals surface area contributed by atoms with Gasteiger partial charge < -0.3 is 4.74 Å². The number of rotatable bonds is 5. The zero-order chi connectivity index (χ0) is 18.5. The van der Waals surface area contributed by atoms with E-state index in [1.165, 1.54) is 18.2 Å². The number of Topliss-reactive ketones (excluding diaryl/α,β-unsaturated/α-hetero) is 1. The molecule has 3 rings (SSSR count). The van der Waals surface area contributed by atoms with E-state index in [0.29, 0.717) is 16.1 Å². The van der Waals surface area contributed by atoms with Crippen molar-refractivity contribution in [3.05, 3.63) is 106 Å². The molecule has 1 atom stereocenters. The van der Waals surface area contributed by atoms with Crippen molar-refractivity contribution in [2.45, 2.75) is 6.10 Å². The number of benzene rings is 3. The minimum atomic E-state index is -1.06. The predicted octanol–water partition coefficient (Wildman–Crippen LogP) is 5.77. The van der Waals surface area contributed by atoms with E-state index in [-0.39, 0.29) is 16.4 Å². The Labute approximate surface area is 161 Å². The Bertz CT molecular complexity index is 925. The second kappa shape index (κ2) is 8.17. The SMILES string of the molecule is O=C(O[C@H](C(=O)c1ccccc1)c1ccccc1)c1ccc(Cl)c(Cl)c1. The molecular weight excluding hydrogens is 371 g/mol. The van der Waals surface area contributed by atoms with Crippen LogP contribution in [0.15, 0.2) is 78.9 Å². The monoisotopic (exact) mass is 384 g/mol. The Hall–Kier alpha value is -2.62. The molecule has 5 heteroatoms. The van der Waals surface area contributed by atoms with Gasteiger partial charge in [0.1, 0.15) is 0 Å². The number of halogens is 2. The van der Waals surface area contributed by atoms with E-state index in [9.17, 15) is 9.59 Å². The van der Waals surface area contributed by atoms with Crippen molar-refractivity contribution in [2.24, 2.45) is 0 Å². The average molecular weight is 385 g/mol. The summed E-state index contributed by atoms with van der Waals surface area (Å²) in [5.74, 6) is -0.952. The van der Waals surface area contributed by atoms with Crippen LogP contribution in [0.25, 0.3) is 0 Å². The van der Waals surface area contributed by atoms with E-state index in [1.54, 1.807) is 48.5 Å². The van der Waals surface area contributed by atoms with Crippen molar-refractivity contribution in [3.8, 4) is 0 Å². The topological polar surface area (TPSA) is 43.4 Å². The first kappa shape index (κ1) is 18.2. The van der Waals surface area contributed by atoms with Crippen LogP contribution in [0.5, 0.6) is 0 Å². The van der Waals surface area contributed by atoms with E-state index in [1.807, 2.05) is 12.1 Å². The van der Waals surface area contributed by atoms with Gasteiger partial charge in [0.15, 0.2) is 6.10 Å². The molecule has 0 aliphatic heterocycles. The smallest absolute Gasteiger partial charge is 0.339 e. The van der Waals surface area contributed by atoms with Crippen LogP contribution in [0.3, 0.4) is 0 Å². The average Bonchev–Trinajstić information content (AvgIpc) is 2.69. The number of ether oxygens (including phenoxy) is 1. The van der Waals surface area contributed by atoms with Crippen LogP contribution in [0.1, 0.15) is 32.4 Å². The number of carbonyl (C=O) groups excluding carboxylic acids is 2. The number of hydrogen-bond donors (Lipinski definition) is 0. The largest absolute Gasteiger partial charge is 0.445 e. The molecule has 0 N–H and O–H groups in total. The molecule has 0 radical (unpaired) electrons. The molecule has 130 valence electrons. The molecule has 0 fully saturated rings. The number of carbonyl (C=O) groups is 2. The van der Waals surface area contributed by atoms with Crippen LogP contribution in [0, 0.1) is 0 Å². The third kappa shape index (κ3) is 4.13. The molecular formula is C21H14Cl2O3. The second-order valence-electron chi connectivity index (χ2n) is 5.56. The maximum atomic E-state index is 12.9. The number of hydrogen-bond acceptors (Lipinski definition) is 3. The van der Waals surface area contributed by atoms with Crippen LogP contribution < -0.4 is 0 Å². The van der Waals surface area contributed by atoms with Crippen molar-refractivity contribution in [3.63, 3.8) is 0 Å². The summed E-state index contributed by atoms with van der Waals surface area (Å²) in [6.45, 7) is 0. The fraction of sp³-hybridized carbons (Fsp3) is 0.0476. The lowest BCUT2D eigenvalue weighted by Crippen LogP contribution is -2.20. The summed E-state index contributed by atoms with van der Waals surface area (Å²) in [4.78, 5) is 25.5. The summed E-state index contributed by atoms with van der Waals surface area (Å²) < 4.78 is 5.54. The first-order valence-corrected chi connectivity index (χ1v) is 8.62. The highest BCUT2D eigenvalue weighted by molar-refractivity contribution is 6.42. The maximum absolute atomic E-state index is 12.9. The molecule has 3 nitrogen and oxygen atoms in total. The van der Waals surface area contributed by atoms with Crippen LogP contribution in [-0.4, -0.2) is 11.8 Å². The van der Waals surface area contributed by atoms with Gasteiger partial charge in [-0.2, -0.15) is 0 Å². The fourth-order valence-electron chi connectivity index (χ4n) is 2.45. The van der Waals surface area contributed by atoms with Gasteiger partial charge in [-0.3, -0.25) is 4.79 Å². The van der Waals surface area contributed by atoms with Gasteiger partial charge in [0.05, 0.1) is 15.6 Å². The van der Waals surface area contributed by atoms with E-state index in [2.05, 4.69) is 0 Å². The summed E-state index contributed by atoms with van der Waals surface area (Å²) in [5.41, 5.74) is 1.28. The fourth-order valence-corrected chi connectivity index (χ4v) is 2.75. The molecule has 0 aliphatic carbocycles. The van der Waals surface area contributed by atoms with E-state index < -0.39 is 12.1 Å². The van der Waals surface area contributed by atoms with Gasteiger partial charge in [0.25, 0.3) is 0 Å². The Morgan fingerprint density at radius 3 is 1.96 bits per heavy atom. The second-order valence-corrected chi connectivity index (χ2v) is 6.37. The van der Waals surface area contributed by atoms with Crippen molar-refractivity contribution in [1.82, 2.24) is 0 Å². The molecule has 0 unspecified atom stereocenters. The van der Waals surface area contributed by atoms with Crippen LogP contribution in [-0.2, 0) is 4.74 Å². The third-order valence-corrected chi connectivity index (χ3v) is 4.52. The molecule has 0 spiro atoms. The van der Waals surface area contributed by atoms with Crippen LogP contribution in [0.4, 0.5) is 0 Å². The van der Waals surface area contributed by atoms with E-state index >= 15 is 0 Å². The minimum absolute atomic E-state index is 0.223. The lowest BCUT2D eigenvalue weighted by Gasteiger charge is -2.17. The van der Waals surface area contributed by atoms with Gasteiger partial charge in [0.2, 0.25) is 5.78 Å². The molecule has 0 aromatic heterocycles. The van der Waals surface area contributed by atoms with Gasteiger partial charge in [-0.1, -0.05) is 83.9 Å². The highest BCUT2D eigenvalue weighted by Gasteiger charge is 2.26. The zero-order valence-corrected chi connectivity index (χ0v) is 15.1. The predicted molar refractivity (Wildman–Crippen MR) is 102 cm³/mol. The van der Waals surface area contributed by atoms with E-state index in [4.69, 9.17) is 27.9 Å². The lowest BCUT2D eigenvalue weighted by molar-refractivity contribution is 0.0280. The van der Waals surface area contributed by atoms with Gasteiger partial charge in [0, 0.05) is 11.1 Å². The summed E-state index contributed by atoms with van der Waals surface area (Å²) in [6, 6.07) is 22.0. The molecule has 0 amide bonds. The van der Waals surface area contributed by atoms with Crippen molar-refractivity contribution in [1.29, 1.82) is 0 Å². The number of esters is 1. The van der Waals surface area contributed by atoms with E-state index in [0.717, 1.165) is 0 Å². The Morgan fingerprint density at radius 2 is 1.35 bits per heavy atom. The lowest BCUT2D eigenvalue weighted by atomic mass is 10.00. The Morgan fingerprint density at radius 1 is 0.731 bits per heavy atom. The van der Waals surface area contributed by atoms with Crippen molar-refractivity contribution < 1.29 is 14.3 Å². The molecule has 0 heterocycles. The normalized spacial score (nSPS) is 11.6. The van der Waals surface area contributed by atoms with Gasteiger partial charge in [-0.15, -0.1) is 0 Å². The molecule has 0 saturated carbocycles. The zero-order valence-electron chi connectivity index (χ0n) is 13.6. The first-order chi connectivity index (χ1) is 12.6. The Balaban J connectivity index is 1.92. The third-order valence-electron chi connectivity index (χ3n) is 3.78. The maximum Gasteiger partial charge on any atom is 0.339 e. The van der Waals surface area contributed by atoms with Crippen LogP contribution in [0.2, 0.25) is 10.0 Å². The quantitative estimate of drug-likeness (QED) is 0.413. The van der Waals surface area contributed by atoms with Gasteiger partial charge in [-0.05, 0) is 18.2 Å². The summed E-state index contributed by atoms with van der Waals surface area (Å²) in [6.07, 6.45) is -1.06. The Kier molecular flexibility index (Phi) is 5.71. The molecule has 3 aromatic carbocycles. The highest BCUT2D eigenvalue weighted by atomic mass is 35.5. The van der Waals surface area contributed by atoms with Crippen molar-refractivity contribution in [2.75, 3.05) is 0 Å². The van der Waals surface area contributed by atoms with Crippen LogP contribution >= 0.6 is 23.2 Å². The summed E-state index contributed by atoms with van der Waals surface area (Å²) in [5, 5.41) is 0.579. The molecule has 3 aromatic rings. The van der Waals surface area contributed by atoms with Crippen molar-refractivity contribution >= 4 is 35.0 Å². The highest BCUT2D eigenvalue weighted by Crippen LogP contribution is 2.26. The molecule has 0 saturated heterocycles. The summed E-state index contributed by atoms with van der Waals surface area (Å²) >= 11 is 11.8. The first-order valence-electron chi connectivity index (χ1n) is 7.86. The summed E-state index contributed by atoms with van der Waals surface area (Å²) in [7, 11) is 0. The number of ketones is 1. The molecule has 0 aliphatic rings. The minimum Gasteiger partial charge on any atom is -0.445 e. The molecule has 0 bridgehead atoms. The van der Waals surface area contributed by atoms with Gasteiger partial charge >= 0.3 is 5.97 Å². The molecule has 26 heavy (non-hydrogen) atoms. The van der Waals surface area contributed by atoms with Gasteiger partial charge in [-0.25, -0.2) is 4.79 Å². The standard InChI is InChI=1S/C21H14Cl2O3/c22-17-12-11-16(13-18(17)23)21(25)26-20(15-9-5-2-6-10-15)19(24)14-7-3-1-4-8-14/h1-13,20H/t20-/m0/s1.